The number of hydrogen-bond donors (Lipinski definition) is 2. The van der Waals surface area contributed by atoms with Gasteiger partial charge in [0.15, 0.2) is 0 Å². The van der Waals surface area contributed by atoms with E-state index in [9.17, 15) is 10.2 Å². The second-order valence-electron chi connectivity index (χ2n) is 18.8. The summed E-state index contributed by atoms with van der Waals surface area (Å²) in [5.74, 6) is 2.08. The molecule has 0 unspecified atom stereocenters. The number of rotatable bonds is 44. The molecule has 4 atom stereocenters. The van der Waals surface area contributed by atoms with Gasteiger partial charge in [-0.1, -0.05) is 240 Å². The van der Waals surface area contributed by atoms with Crippen LogP contribution < -0.4 is 0 Å². The highest BCUT2D eigenvalue weighted by Crippen LogP contribution is 2.37. The first kappa shape index (κ1) is 53.5. The molecule has 1 fully saturated rings. The Balaban J connectivity index is 0.927. The topological polar surface area (TPSA) is 77.4 Å². The Kier molecular flexibility index (Phi) is 34.9. The van der Waals surface area contributed by atoms with Gasteiger partial charge >= 0.3 is 0 Å². The minimum absolute atomic E-state index is 0.323. The monoisotopic (exact) mass is 851 g/mol. The summed E-state index contributed by atoms with van der Waals surface area (Å²) < 4.78 is 22.5. The van der Waals surface area contributed by atoms with E-state index in [1.165, 1.54) is 186 Å². The standard InChI is InChI=1S/C55H94O6/c56-54(48-60-44-52-35-27-23-28-36-52)46-58-41-31-21-17-13-9-5-1-3-7-11-15-19-25-33-50-39-40-51(43-50)34-26-20-16-12-8-4-2-6-10-14-18-22-32-42-59-47-55(57)49-61-45-53-37-29-24-30-38-53/h23-24,27-30,35-38,50-51,54-57H,1-22,25-26,31-34,39-49H2/t50-,51-,54+,55+/m1/s1. The number of aliphatic hydroxyl groups is 2. The van der Waals surface area contributed by atoms with Gasteiger partial charge in [0.25, 0.3) is 0 Å². The zero-order valence-corrected chi connectivity index (χ0v) is 39.2. The second-order valence-corrected chi connectivity index (χ2v) is 18.8. The molecule has 0 aromatic heterocycles. The number of unbranched alkanes of at least 4 members (excludes halogenated alkanes) is 24. The first-order valence-electron chi connectivity index (χ1n) is 25.9. The molecule has 0 aliphatic heterocycles. The molecule has 3 rings (SSSR count). The molecule has 0 radical (unpaired) electrons. The van der Waals surface area contributed by atoms with Crippen molar-refractivity contribution >= 4 is 0 Å². The molecule has 2 aromatic rings. The van der Waals surface area contributed by atoms with Crippen molar-refractivity contribution in [2.45, 2.75) is 224 Å². The smallest absolute Gasteiger partial charge is 0.101 e. The predicted molar refractivity (Wildman–Crippen MR) is 256 cm³/mol. The lowest BCUT2D eigenvalue weighted by Crippen LogP contribution is -2.22. The Morgan fingerprint density at radius 3 is 0.967 bits per heavy atom. The van der Waals surface area contributed by atoms with Crippen LogP contribution in [0.5, 0.6) is 0 Å². The fourth-order valence-corrected chi connectivity index (χ4v) is 9.18. The molecule has 6 nitrogen and oxygen atoms in total. The van der Waals surface area contributed by atoms with Crippen molar-refractivity contribution in [1.29, 1.82) is 0 Å². The van der Waals surface area contributed by atoms with E-state index >= 15 is 0 Å². The first-order chi connectivity index (χ1) is 30.2. The van der Waals surface area contributed by atoms with Crippen LogP contribution in [0.15, 0.2) is 60.7 Å². The highest BCUT2D eigenvalue weighted by molar-refractivity contribution is 5.14. The van der Waals surface area contributed by atoms with Crippen molar-refractivity contribution in [1.82, 2.24) is 0 Å². The van der Waals surface area contributed by atoms with Crippen LogP contribution >= 0.6 is 0 Å². The van der Waals surface area contributed by atoms with Crippen molar-refractivity contribution < 1.29 is 29.2 Å². The summed E-state index contributed by atoms with van der Waals surface area (Å²) in [6, 6.07) is 20.1. The van der Waals surface area contributed by atoms with E-state index in [2.05, 4.69) is 0 Å². The lowest BCUT2D eigenvalue weighted by Gasteiger charge is -2.12. The fourth-order valence-electron chi connectivity index (χ4n) is 9.18. The normalized spacial score (nSPS) is 16.4. The van der Waals surface area contributed by atoms with Gasteiger partial charge in [0.1, 0.15) is 12.2 Å². The van der Waals surface area contributed by atoms with Crippen LogP contribution in [-0.4, -0.2) is 62.1 Å². The Morgan fingerprint density at radius 1 is 0.361 bits per heavy atom. The van der Waals surface area contributed by atoms with Crippen LogP contribution in [0.2, 0.25) is 0 Å². The molecule has 0 spiro atoms. The highest BCUT2D eigenvalue weighted by atomic mass is 16.5. The molecule has 0 amide bonds. The zero-order chi connectivity index (χ0) is 42.9. The summed E-state index contributed by atoms with van der Waals surface area (Å²) >= 11 is 0. The third kappa shape index (κ3) is 32.5. The van der Waals surface area contributed by atoms with Crippen LogP contribution in [0.25, 0.3) is 0 Å². The third-order valence-electron chi connectivity index (χ3n) is 12.9. The summed E-state index contributed by atoms with van der Waals surface area (Å²) in [4.78, 5) is 0. The van der Waals surface area contributed by atoms with Crippen molar-refractivity contribution in [2.75, 3.05) is 39.6 Å². The van der Waals surface area contributed by atoms with Crippen molar-refractivity contribution in [2.24, 2.45) is 11.8 Å². The van der Waals surface area contributed by atoms with E-state index in [1.54, 1.807) is 0 Å². The molecule has 1 aliphatic rings. The molecule has 2 aromatic carbocycles. The van der Waals surface area contributed by atoms with Gasteiger partial charge in [-0.25, -0.2) is 0 Å². The highest BCUT2D eigenvalue weighted by Gasteiger charge is 2.23. The average Bonchev–Trinajstić information content (AvgIpc) is 3.74. The third-order valence-corrected chi connectivity index (χ3v) is 12.9. The van der Waals surface area contributed by atoms with Crippen LogP contribution in [0, 0.1) is 11.8 Å². The van der Waals surface area contributed by atoms with E-state index in [1.807, 2.05) is 60.7 Å². The van der Waals surface area contributed by atoms with Crippen LogP contribution in [0.4, 0.5) is 0 Å². The molecule has 2 N–H and O–H groups in total. The summed E-state index contributed by atoms with van der Waals surface area (Å²) in [5.41, 5.74) is 2.26. The Bertz CT molecular complexity index is 1090. The number of aliphatic hydroxyl groups excluding tert-OH is 2. The number of ether oxygens (including phenoxy) is 4. The van der Waals surface area contributed by atoms with E-state index in [0.29, 0.717) is 39.6 Å². The van der Waals surface area contributed by atoms with Crippen LogP contribution in [-0.2, 0) is 32.2 Å². The fraction of sp³-hybridized carbons (Fsp3) is 0.782. The molecular formula is C55H94O6. The summed E-state index contributed by atoms with van der Waals surface area (Å²) in [6.07, 6.45) is 42.2. The summed E-state index contributed by atoms with van der Waals surface area (Å²) in [5, 5.41) is 20.1. The maximum Gasteiger partial charge on any atom is 0.101 e. The first-order valence-corrected chi connectivity index (χ1v) is 25.9. The van der Waals surface area contributed by atoms with Gasteiger partial charge in [0, 0.05) is 13.2 Å². The second kappa shape index (κ2) is 39.8. The number of benzene rings is 2. The van der Waals surface area contributed by atoms with E-state index in [-0.39, 0.29) is 0 Å². The Labute approximate surface area is 375 Å². The Hall–Kier alpha value is -1.80. The lowest BCUT2D eigenvalue weighted by molar-refractivity contribution is -0.0239. The predicted octanol–water partition coefficient (Wildman–Crippen LogP) is 14.5. The van der Waals surface area contributed by atoms with Crippen molar-refractivity contribution in [3.63, 3.8) is 0 Å². The molecule has 61 heavy (non-hydrogen) atoms. The van der Waals surface area contributed by atoms with Gasteiger partial charge in [-0.05, 0) is 42.2 Å². The van der Waals surface area contributed by atoms with Crippen molar-refractivity contribution in [3.05, 3.63) is 71.8 Å². The van der Waals surface area contributed by atoms with Gasteiger partial charge in [-0.2, -0.15) is 0 Å². The van der Waals surface area contributed by atoms with Gasteiger partial charge in [0.2, 0.25) is 0 Å². The molecule has 1 saturated carbocycles. The molecular weight excluding hydrogens is 757 g/mol. The SMILES string of the molecule is O[C@@H](COCCCCCCCCCCCCCCC[C@@H]1CC[C@@H](CCCCCCCCCCCCCCCOC[C@H](O)COCc2ccccc2)C1)COCc1ccccc1. The molecule has 350 valence electrons. The van der Waals surface area contributed by atoms with Gasteiger partial charge < -0.3 is 29.2 Å². The van der Waals surface area contributed by atoms with E-state index in [4.69, 9.17) is 18.9 Å². The maximum absolute atomic E-state index is 10.0. The van der Waals surface area contributed by atoms with Crippen LogP contribution in [0.1, 0.15) is 210 Å². The van der Waals surface area contributed by atoms with E-state index in [0.717, 1.165) is 49.0 Å². The van der Waals surface area contributed by atoms with Gasteiger partial charge in [-0.3, -0.25) is 0 Å². The summed E-state index contributed by atoms with van der Waals surface area (Å²) in [7, 11) is 0. The average molecular weight is 851 g/mol. The zero-order valence-electron chi connectivity index (χ0n) is 39.2. The maximum atomic E-state index is 10.0. The lowest BCUT2D eigenvalue weighted by atomic mass is 9.95. The van der Waals surface area contributed by atoms with Crippen LogP contribution in [0.3, 0.4) is 0 Å². The molecule has 1 aliphatic carbocycles. The minimum Gasteiger partial charge on any atom is -0.388 e. The molecule has 6 heteroatoms. The quantitative estimate of drug-likeness (QED) is 0.0647. The van der Waals surface area contributed by atoms with Gasteiger partial charge in [0.05, 0.1) is 39.6 Å². The molecule has 0 bridgehead atoms. The van der Waals surface area contributed by atoms with E-state index < -0.39 is 12.2 Å². The largest absolute Gasteiger partial charge is 0.388 e. The minimum atomic E-state index is -0.547. The van der Waals surface area contributed by atoms with Gasteiger partial charge in [-0.15, -0.1) is 0 Å². The molecule has 0 saturated heterocycles. The number of hydrogen-bond acceptors (Lipinski definition) is 6. The summed E-state index contributed by atoms with van der Waals surface area (Å²) in [6.45, 7) is 3.92. The molecule has 0 heterocycles. The Morgan fingerprint density at radius 2 is 0.639 bits per heavy atom. The van der Waals surface area contributed by atoms with Crippen molar-refractivity contribution in [3.8, 4) is 0 Å².